The van der Waals surface area contributed by atoms with Gasteiger partial charge in [-0.15, -0.1) is 0 Å². The summed E-state index contributed by atoms with van der Waals surface area (Å²) in [5.74, 6) is 0.151. The van der Waals surface area contributed by atoms with Crippen LogP contribution in [0.25, 0.3) is 0 Å². The Hall–Kier alpha value is -1.94. The largest absolute Gasteiger partial charge is 0.472 e. The predicted molar refractivity (Wildman–Crippen MR) is 391 cm³/mol. The lowest BCUT2D eigenvalue weighted by atomic mass is 9.99. The number of ether oxygens (including phenoxy) is 4. The van der Waals surface area contributed by atoms with Gasteiger partial charge in [-0.05, 0) is 43.4 Å². The van der Waals surface area contributed by atoms with E-state index in [9.17, 15) is 43.2 Å². The zero-order valence-electron chi connectivity index (χ0n) is 62.8. The Kier molecular flexibility index (Phi) is 66.2. The minimum Gasteiger partial charge on any atom is -0.462 e. The summed E-state index contributed by atoms with van der Waals surface area (Å²) < 4.78 is 68.5. The van der Waals surface area contributed by atoms with Crippen molar-refractivity contribution in [3.8, 4) is 0 Å². The number of carbonyl (C=O) groups is 4. The first-order chi connectivity index (χ1) is 46.3. The average molecular weight is 1410 g/mol. The molecule has 0 amide bonds. The molecule has 0 saturated carbocycles. The van der Waals surface area contributed by atoms with Gasteiger partial charge < -0.3 is 33.8 Å². The third-order valence-electron chi connectivity index (χ3n) is 18.6. The molecule has 0 aliphatic heterocycles. The molecule has 3 N–H and O–H groups in total. The van der Waals surface area contributed by atoms with Crippen molar-refractivity contribution in [2.45, 2.75) is 414 Å². The first-order valence-electron chi connectivity index (χ1n) is 39.9. The van der Waals surface area contributed by atoms with E-state index in [4.69, 9.17) is 37.0 Å². The van der Waals surface area contributed by atoms with Gasteiger partial charge in [0.05, 0.1) is 26.4 Å². The minimum atomic E-state index is -4.96. The first-order valence-corrected chi connectivity index (χ1v) is 42.9. The Balaban J connectivity index is 5.23. The van der Waals surface area contributed by atoms with Gasteiger partial charge >= 0.3 is 39.5 Å². The molecular weight excluding hydrogens is 1260 g/mol. The van der Waals surface area contributed by atoms with Gasteiger partial charge in [-0.1, -0.05) is 344 Å². The third-order valence-corrected chi connectivity index (χ3v) is 20.5. The minimum absolute atomic E-state index is 0.104. The molecular formula is C77H150O17P2. The number of hydrogen-bond donors (Lipinski definition) is 3. The van der Waals surface area contributed by atoms with Gasteiger partial charge in [0.25, 0.3) is 0 Å². The number of rotatable bonds is 75. The van der Waals surface area contributed by atoms with Crippen molar-refractivity contribution in [2.24, 2.45) is 17.8 Å². The highest BCUT2D eigenvalue weighted by atomic mass is 31.2. The Bertz CT molecular complexity index is 1870. The van der Waals surface area contributed by atoms with Crippen LogP contribution in [0.1, 0.15) is 395 Å². The fraction of sp³-hybridized carbons (Fsp3) is 0.948. The van der Waals surface area contributed by atoms with Crippen molar-refractivity contribution >= 4 is 39.5 Å². The molecule has 570 valence electrons. The lowest BCUT2D eigenvalue weighted by molar-refractivity contribution is -0.161. The number of hydrogen-bond acceptors (Lipinski definition) is 15. The number of phosphoric acid groups is 2. The highest BCUT2D eigenvalue weighted by Crippen LogP contribution is 2.45. The molecule has 4 unspecified atom stereocenters. The highest BCUT2D eigenvalue weighted by Gasteiger charge is 2.30. The Morgan fingerprint density at radius 1 is 0.302 bits per heavy atom. The normalized spacial score (nSPS) is 14.6. The summed E-state index contributed by atoms with van der Waals surface area (Å²) in [6.07, 6.45) is 54.2. The van der Waals surface area contributed by atoms with E-state index in [0.29, 0.717) is 25.7 Å². The lowest BCUT2D eigenvalue weighted by Gasteiger charge is -2.21. The van der Waals surface area contributed by atoms with Gasteiger partial charge in [0.2, 0.25) is 0 Å². The Labute approximate surface area is 588 Å². The molecule has 7 atom stereocenters. The maximum Gasteiger partial charge on any atom is 0.472 e. The fourth-order valence-electron chi connectivity index (χ4n) is 11.7. The zero-order valence-corrected chi connectivity index (χ0v) is 64.6. The predicted octanol–water partition coefficient (Wildman–Crippen LogP) is 22.6. The summed E-state index contributed by atoms with van der Waals surface area (Å²) in [7, 11) is -9.91. The summed E-state index contributed by atoms with van der Waals surface area (Å²) in [5, 5.41) is 10.6. The summed E-state index contributed by atoms with van der Waals surface area (Å²) in [6.45, 7) is 11.9. The number of carbonyl (C=O) groups excluding carboxylic acids is 4. The summed E-state index contributed by atoms with van der Waals surface area (Å²) >= 11 is 0. The molecule has 0 aromatic heterocycles. The number of unbranched alkanes of at least 4 members (excludes halogenated alkanes) is 41. The van der Waals surface area contributed by atoms with Gasteiger partial charge in [-0.2, -0.15) is 0 Å². The van der Waals surface area contributed by atoms with Gasteiger partial charge in [-0.3, -0.25) is 37.3 Å². The number of aliphatic hydroxyl groups is 1. The number of phosphoric ester groups is 2. The molecule has 17 nitrogen and oxygen atoms in total. The molecule has 0 heterocycles. The van der Waals surface area contributed by atoms with Crippen molar-refractivity contribution in [1.29, 1.82) is 0 Å². The summed E-state index contributed by atoms with van der Waals surface area (Å²) in [6, 6.07) is 0. The van der Waals surface area contributed by atoms with Crippen LogP contribution in [-0.2, 0) is 65.4 Å². The molecule has 0 aliphatic rings. The van der Waals surface area contributed by atoms with Crippen molar-refractivity contribution in [3.63, 3.8) is 0 Å². The lowest BCUT2D eigenvalue weighted by Crippen LogP contribution is -2.30. The van der Waals surface area contributed by atoms with E-state index in [2.05, 4.69) is 48.5 Å². The van der Waals surface area contributed by atoms with Crippen LogP contribution in [0, 0.1) is 17.8 Å². The second-order valence-corrected chi connectivity index (χ2v) is 31.6. The molecule has 0 saturated heterocycles. The van der Waals surface area contributed by atoms with Crippen LogP contribution in [-0.4, -0.2) is 96.7 Å². The highest BCUT2D eigenvalue weighted by molar-refractivity contribution is 7.47. The quantitative estimate of drug-likeness (QED) is 0.0222. The molecule has 0 aliphatic carbocycles. The van der Waals surface area contributed by atoms with Crippen molar-refractivity contribution in [2.75, 3.05) is 39.6 Å². The third kappa shape index (κ3) is 67.9. The fourth-order valence-corrected chi connectivity index (χ4v) is 13.3. The molecule has 0 rings (SSSR count). The van der Waals surface area contributed by atoms with Gasteiger partial charge in [-0.25, -0.2) is 9.13 Å². The van der Waals surface area contributed by atoms with E-state index >= 15 is 0 Å². The SMILES string of the molecule is CCCCCCCCCCCCCCCCCCCCCCC(=O)O[C@H](COC(=O)CCCCCCCCCCCCCC(C)C)COP(=O)(O)OC[C@@H](O)COP(=O)(O)OC[C@@H](COC(=O)CCCCCCCCC(C)CC)OC(=O)CCCCCCCCCCC(C)CC. The second-order valence-electron chi connectivity index (χ2n) is 28.7. The van der Waals surface area contributed by atoms with Crippen LogP contribution in [0.2, 0.25) is 0 Å². The summed E-state index contributed by atoms with van der Waals surface area (Å²) in [5.41, 5.74) is 0. The van der Waals surface area contributed by atoms with Crippen molar-refractivity contribution in [3.05, 3.63) is 0 Å². The van der Waals surface area contributed by atoms with E-state index in [1.165, 1.54) is 199 Å². The topological polar surface area (TPSA) is 237 Å². The van der Waals surface area contributed by atoms with Crippen LogP contribution >= 0.6 is 15.6 Å². The van der Waals surface area contributed by atoms with Gasteiger partial charge in [0, 0.05) is 25.7 Å². The maximum atomic E-state index is 13.1. The van der Waals surface area contributed by atoms with Crippen LogP contribution in [0.5, 0.6) is 0 Å². The van der Waals surface area contributed by atoms with Gasteiger partial charge in [0.1, 0.15) is 19.3 Å². The molecule has 0 spiro atoms. The van der Waals surface area contributed by atoms with E-state index < -0.39 is 97.5 Å². The monoisotopic (exact) mass is 1410 g/mol. The van der Waals surface area contributed by atoms with E-state index in [0.717, 1.165) is 114 Å². The van der Waals surface area contributed by atoms with Crippen LogP contribution in [0.15, 0.2) is 0 Å². The maximum absolute atomic E-state index is 13.1. The van der Waals surface area contributed by atoms with E-state index in [1.54, 1.807) is 0 Å². The van der Waals surface area contributed by atoms with Crippen LogP contribution < -0.4 is 0 Å². The molecule has 0 aromatic carbocycles. The molecule has 19 heteroatoms. The molecule has 0 fully saturated rings. The standard InChI is InChI=1S/C77H150O17P2/c1-8-11-12-13-14-15-16-17-18-19-20-21-22-23-24-27-31-37-46-53-60-76(81)93-72(64-87-74(79)58-51-44-36-30-28-25-26-29-34-41-48-55-68(4)5)66-91-95(83,84)89-62-71(78)63-90-96(85,86)92-67-73(65-88-75(80)59-52-45-40-39-43-50-57-70(7)10-3)94-77(82)61-54-47-38-33-32-35-42-49-56-69(6)9-2/h68-73,78H,8-67H2,1-7H3,(H,83,84)(H,85,86)/t69?,70?,71-,72-,73-/m1/s1. The molecule has 0 bridgehead atoms. The number of aliphatic hydroxyl groups excluding tert-OH is 1. The van der Waals surface area contributed by atoms with E-state index in [-0.39, 0.29) is 25.7 Å². The molecule has 0 aromatic rings. The number of esters is 4. The van der Waals surface area contributed by atoms with Crippen molar-refractivity contribution < 1.29 is 80.2 Å². The van der Waals surface area contributed by atoms with E-state index in [1.807, 2.05) is 0 Å². The Morgan fingerprint density at radius 3 is 0.792 bits per heavy atom. The van der Waals surface area contributed by atoms with Crippen LogP contribution in [0.3, 0.4) is 0 Å². The average Bonchev–Trinajstić information content (AvgIpc) is 2.22. The first kappa shape index (κ1) is 94.1. The van der Waals surface area contributed by atoms with Gasteiger partial charge in [0.15, 0.2) is 12.2 Å². The molecule has 0 radical (unpaired) electrons. The summed E-state index contributed by atoms with van der Waals surface area (Å²) in [4.78, 5) is 72.8. The smallest absolute Gasteiger partial charge is 0.462 e. The zero-order chi connectivity index (χ0) is 70.9. The van der Waals surface area contributed by atoms with Crippen molar-refractivity contribution in [1.82, 2.24) is 0 Å². The van der Waals surface area contributed by atoms with Crippen LogP contribution in [0.4, 0.5) is 0 Å². The second kappa shape index (κ2) is 67.5. The molecule has 96 heavy (non-hydrogen) atoms. The Morgan fingerprint density at radius 2 is 0.531 bits per heavy atom.